The summed E-state index contributed by atoms with van der Waals surface area (Å²) < 4.78 is 6.48. The Morgan fingerprint density at radius 2 is 1.87 bits per heavy atom. The zero-order valence-electron chi connectivity index (χ0n) is 26.6. The molecule has 0 bridgehead atoms. The van der Waals surface area contributed by atoms with Gasteiger partial charge in [0.15, 0.2) is 5.13 Å². The summed E-state index contributed by atoms with van der Waals surface area (Å²) in [6, 6.07) is 14.5. The molecule has 1 spiro atoms. The van der Waals surface area contributed by atoms with E-state index < -0.39 is 11.5 Å². The van der Waals surface area contributed by atoms with Crippen LogP contribution in [0.5, 0.6) is 0 Å². The number of carbonyl (C=O) groups excluding carboxylic acids is 4. The summed E-state index contributed by atoms with van der Waals surface area (Å²) in [5, 5.41) is 12.7. The Balaban J connectivity index is 1.14. The fourth-order valence-corrected chi connectivity index (χ4v) is 7.74. The molecule has 12 heteroatoms. The summed E-state index contributed by atoms with van der Waals surface area (Å²) in [5.41, 5.74) is 1.81. The van der Waals surface area contributed by atoms with Crippen LogP contribution < -0.4 is 21.3 Å². The zero-order chi connectivity index (χ0) is 32.8. The van der Waals surface area contributed by atoms with Gasteiger partial charge in [-0.15, -0.1) is 0 Å². The normalized spacial score (nSPS) is 24.2. The highest BCUT2D eigenvalue weighted by atomic mass is 32.1. The first-order valence-electron chi connectivity index (χ1n) is 16.3. The number of nitrogens with one attached hydrogen (secondary N) is 4. The predicted molar refractivity (Wildman–Crippen MR) is 182 cm³/mol. The average molecular weight is 659 g/mol. The number of amides is 4. The van der Waals surface area contributed by atoms with Gasteiger partial charge in [0.05, 0.1) is 22.2 Å². The second-order valence-corrected chi connectivity index (χ2v) is 13.9. The largest absolute Gasteiger partial charge is 0.381 e. The molecule has 11 nitrogen and oxygen atoms in total. The number of rotatable bonds is 6. The van der Waals surface area contributed by atoms with Gasteiger partial charge in [-0.05, 0) is 61.8 Å². The van der Waals surface area contributed by atoms with Crippen molar-refractivity contribution in [2.24, 2.45) is 11.3 Å². The van der Waals surface area contributed by atoms with Crippen LogP contribution in [-0.2, 0) is 30.3 Å². The van der Waals surface area contributed by atoms with Crippen LogP contribution in [0, 0.1) is 11.3 Å². The number of nitrogens with zero attached hydrogens (tertiary/aromatic N) is 2. The van der Waals surface area contributed by atoms with Crippen LogP contribution in [-0.4, -0.2) is 78.4 Å². The molecule has 1 aromatic heterocycles. The molecule has 0 saturated carbocycles. The third-order valence-corrected chi connectivity index (χ3v) is 10.4. The molecule has 4 N–H and O–H groups in total. The minimum Gasteiger partial charge on any atom is -0.381 e. The van der Waals surface area contributed by atoms with Crippen molar-refractivity contribution in [3.63, 3.8) is 0 Å². The maximum Gasteiger partial charge on any atom is 0.243 e. The van der Waals surface area contributed by atoms with Gasteiger partial charge in [0.25, 0.3) is 0 Å². The van der Waals surface area contributed by atoms with Crippen molar-refractivity contribution in [1.29, 1.82) is 0 Å². The Morgan fingerprint density at radius 3 is 2.66 bits per heavy atom. The van der Waals surface area contributed by atoms with E-state index in [2.05, 4.69) is 43.3 Å². The minimum atomic E-state index is -0.694. The van der Waals surface area contributed by atoms with E-state index in [9.17, 15) is 19.2 Å². The summed E-state index contributed by atoms with van der Waals surface area (Å²) >= 11 is 1.36. The van der Waals surface area contributed by atoms with E-state index in [4.69, 9.17) is 4.74 Å². The Hall–Kier alpha value is -4.13. The molecule has 3 atom stereocenters. The number of benzene rings is 2. The number of ether oxygens (including phenoxy) is 1. The molecule has 0 unspecified atom stereocenters. The third kappa shape index (κ3) is 8.24. The smallest absolute Gasteiger partial charge is 0.243 e. The Bertz CT molecular complexity index is 1640. The van der Waals surface area contributed by atoms with Gasteiger partial charge in [-0.2, -0.15) is 0 Å². The number of hydrogen-bond donors (Lipinski definition) is 4. The van der Waals surface area contributed by atoms with E-state index in [0.717, 1.165) is 22.2 Å². The molecule has 2 fully saturated rings. The van der Waals surface area contributed by atoms with E-state index >= 15 is 0 Å². The standard InChI is InChI=1S/C35H42N6O5S/c1-23(42)36-26-10-11-28-30(20-26)47-34(39-28)40-31(43)22-41-16-12-27-25(21-41)9-5-6-13-35(14-17-46-18-15-35)33(45)38-29(32(44)37-27)19-24-7-3-2-4-8-24/h2-8,10-11,20,25,27,29H,9,12-19,21-22H2,1H3,(H,36,42)(H,37,44)(H,38,45)(H,39,40,43)/b6-5+/t25-,27+,29+/m0/s1. The van der Waals surface area contributed by atoms with Crippen molar-refractivity contribution in [3.8, 4) is 0 Å². The topological polar surface area (TPSA) is 142 Å². The second-order valence-electron chi connectivity index (χ2n) is 12.8. The lowest BCUT2D eigenvalue weighted by molar-refractivity contribution is -0.140. The van der Waals surface area contributed by atoms with E-state index in [1.54, 1.807) is 6.07 Å². The summed E-state index contributed by atoms with van der Waals surface area (Å²) in [5.74, 6) is -0.452. The van der Waals surface area contributed by atoms with Crippen molar-refractivity contribution in [2.45, 2.75) is 57.5 Å². The lowest BCUT2D eigenvalue weighted by atomic mass is 9.75. The fraction of sp³-hybridized carbons (Fsp3) is 0.457. The highest BCUT2D eigenvalue weighted by molar-refractivity contribution is 7.22. The molecular weight excluding hydrogens is 616 g/mol. The highest BCUT2D eigenvalue weighted by Gasteiger charge is 2.41. The summed E-state index contributed by atoms with van der Waals surface area (Å²) in [6.45, 7) is 4.02. The lowest BCUT2D eigenvalue weighted by Gasteiger charge is -2.40. The Labute approximate surface area is 278 Å². The number of fused-ring (bicyclic) bond motifs is 2. The van der Waals surface area contributed by atoms with Gasteiger partial charge in [-0.25, -0.2) is 4.98 Å². The molecule has 0 aliphatic carbocycles. The van der Waals surface area contributed by atoms with Crippen LogP contribution in [0.4, 0.5) is 10.8 Å². The van der Waals surface area contributed by atoms with Gasteiger partial charge >= 0.3 is 0 Å². The monoisotopic (exact) mass is 658 g/mol. The van der Waals surface area contributed by atoms with E-state index in [0.29, 0.717) is 69.2 Å². The Morgan fingerprint density at radius 1 is 1.06 bits per heavy atom. The minimum absolute atomic E-state index is 0.0826. The third-order valence-electron chi connectivity index (χ3n) is 9.42. The quantitative estimate of drug-likeness (QED) is 0.295. The molecule has 4 heterocycles. The van der Waals surface area contributed by atoms with E-state index in [-0.39, 0.29) is 42.1 Å². The molecular formula is C35H42N6O5S. The molecule has 3 aromatic rings. The van der Waals surface area contributed by atoms with Crippen molar-refractivity contribution < 1.29 is 23.9 Å². The van der Waals surface area contributed by atoms with Gasteiger partial charge in [-0.3, -0.25) is 24.1 Å². The molecule has 47 heavy (non-hydrogen) atoms. The van der Waals surface area contributed by atoms with E-state index in [1.807, 2.05) is 42.5 Å². The first-order valence-corrected chi connectivity index (χ1v) is 17.2. The maximum absolute atomic E-state index is 13.8. The SMILES string of the molecule is CC(=O)Nc1ccc2nc(NC(=O)CN3CC[C@H]4NC(=O)[C@@H](Cc5ccccc5)NC(=O)C5(C/C=C/C[C@H]4C3)CCOCC5)sc2c1. The molecule has 4 amide bonds. The first-order chi connectivity index (χ1) is 22.8. The number of aromatic nitrogens is 1. The summed E-state index contributed by atoms with van der Waals surface area (Å²) in [6.07, 6.45) is 7.91. The molecule has 248 valence electrons. The number of thiazole rings is 1. The first kappa shape index (κ1) is 32.8. The molecule has 2 aromatic carbocycles. The van der Waals surface area contributed by atoms with Gasteiger partial charge in [0, 0.05) is 51.4 Å². The van der Waals surface area contributed by atoms with Gasteiger partial charge < -0.3 is 26.0 Å². The molecule has 2 saturated heterocycles. The van der Waals surface area contributed by atoms with Gasteiger partial charge in [0.2, 0.25) is 23.6 Å². The molecule has 3 aliphatic heterocycles. The van der Waals surface area contributed by atoms with E-state index in [1.165, 1.54) is 18.3 Å². The van der Waals surface area contributed by atoms with Crippen molar-refractivity contribution >= 4 is 56.0 Å². The number of carbonyl (C=O) groups is 4. The van der Waals surface area contributed by atoms with Crippen LogP contribution in [0.25, 0.3) is 10.2 Å². The summed E-state index contributed by atoms with van der Waals surface area (Å²) in [7, 11) is 0. The number of anilines is 2. The van der Waals surface area contributed by atoms with Crippen molar-refractivity contribution in [2.75, 3.05) is 43.5 Å². The second kappa shape index (κ2) is 14.7. The predicted octanol–water partition coefficient (Wildman–Crippen LogP) is 3.87. The van der Waals surface area contributed by atoms with Crippen LogP contribution >= 0.6 is 11.3 Å². The van der Waals surface area contributed by atoms with Crippen LogP contribution in [0.15, 0.2) is 60.7 Å². The summed E-state index contributed by atoms with van der Waals surface area (Å²) in [4.78, 5) is 58.8. The van der Waals surface area contributed by atoms with Crippen LogP contribution in [0.2, 0.25) is 0 Å². The molecule has 3 aliphatic rings. The number of piperidine rings is 1. The molecule has 6 rings (SSSR count). The molecule has 0 radical (unpaired) electrons. The lowest BCUT2D eigenvalue weighted by Crippen LogP contribution is -2.58. The average Bonchev–Trinajstić information content (AvgIpc) is 3.45. The van der Waals surface area contributed by atoms with Gasteiger partial charge in [0.1, 0.15) is 6.04 Å². The fourth-order valence-electron chi connectivity index (χ4n) is 6.82. The maximum atomic E-state index is 13.8. The number of likely N-dealkylation sites (tertiary alicyclic amines) is 1. The zero-order valence-corrected chi connectivity index (χ0v) is 27.4. The van der Waals surface area contributed by atoms with Crippen LogP contribution in [0.3, 0.4) is 0 Å². The Kier molecular flexibility index (Phi) is 10.3. The van der Waals surface area contributed by atoms with Gasteiger partial charge in [-0.1, -0.05) is 53.8 Å². The number of allylic oxidation sites excluding steroid dienone is 2. The van der Waals surface area contributed by atoms with Crippen molar-refractivity contribution in [3.05, 3.63) is 66.2 Å². The highest BCUT2D eigenvalue weighted by Crippen LogP contribution is 2.36. The number of hydrogen-bond acceptors (Lipinski definition) is 8. The van der Waals surface area contributed by atoms with Crippen LogP contribution in [0.1, 0.15) is 44.6 Å². The van der Waals surface area contributed by atoms with Crippen molar-refractivity contribution in [1.82, 2.24) is 20.5 Å².